The van der Waals surface area contributed by atoms with Crippen LogP contribution in [0, 0.1) is 6.92 Å². The molecule has 2 atom stereocenters. The molecule has 8 heteroatoms. The zero-order valence-corrected chi connectivity index (χ0v) is 20.2. The monoisotopic (exact) mass is 469 g/mol. The van der Waals surface area contributed by atoms with Gasteiger partial charge in [0.15, 0.2) is 0 Å². The second-order valence-electron chi connectivity index (χ2n) is 8.90. The number of likely N-dealkylation sites (tertiary alicyclic amines) is 1. The Morgan fingerprint density at radius 3 is 2.45 bits per heavy atom. The molecule has 2 aliphatic heterocycles. The van der Waals surface area contributed by atoms with E-state index >= 15 is 0 Å². The van der Waals surface area contributed by atoms with Crippen LogP contribution in [0.4, 0.5) is 0 Å². The van der Waals surface area contributed by atoms with Crippen LogP contribution < -0.4 is 5.32 Å². The molecule has 2 aromatic rings. The van der Waals surface area contributed by atoms with Gasteiger partial charge in [-0.25, -0.2) is 0 Å². The molecule has 2 fully saturated rings. The maximum absolute atomic E-state index is 13.7. The average molecular weight is 470 g/mol. The minimum atomic E-state index is -0.897. The lowest BCUT2D eigenvalue weighted by molar-refractivity contribution is -0.128. The number of piperidine rings is 1. The zero-order chi connectivity index (χ0) is 23.6. The van der Waals surface area contributed by atoms with E-state index in [1.807, 2.05) is 55.3 Å². The normalized spacial score (nSPS) is 20.6. The van der Waals surface area contributed by atoms with Gasteiger partial charge in [0.1, 0.15) is 11.8 Å². The number of benzene rings is 1. The molecule has 1 spiro atoms. The Balaban J connectivity index is 1.58. The Labute approximate surface area is 198 Å². The van der Waals surface area contributed by atoms with Crippen LogP contribution >= 0.6 is 11.3 Å². The lowest BCUT2D eigenvalue weighted by Crippen LogP contribution is -2.60. The number of amides is 3. The van der Waals surface area contributed by atoms with Crippen LogP contribution in [0.1, 0.15) is 58.7 Å². The molecule has 0 bridgehead atoms. The zero-order valence-electron chi connectivity index (χ0n) is 19.4. The molecule has 1 aromatic carbocycles. The maximum atomic E-state index is 13.7. The molecule has 0 radical (unpaired) electrons. The SMILES string of the molecule is CCC(C)NC(=O)C1COC2(CCN(C(=O)c3cccs3)CC2)N1C(=O)c1ccc(C)cc1. The average Bonchev–Trinajstić information content (AvgIpc) is 3.48. The summed E-state index contributed by atoms with van der Waals surface area (Å²) in [5.74, 6) is -0.408. The van der Waals surface area contributed by atoms with Gasteiger partial charge in [-0.1, -0.05) is 30.7 Å². The van der Waals surface area contributed by atoms with Gasteiger partial charge < -0.3 is 15.0 Å². The quantitative estimate of drug-likeness (QED) is 0.728. The van der Waals surface area contributed by atoms with E-state index in [1.54, 1.807) is 17.0 Å². The van der Waals surface area contributed by atoms with Gasteiger partial charge in [-0.05, 0) is 43.8 Å². The summed E-state index contributed by atoms with van der Waals surface area (Å²) in [5, 5.41) is 4.90. The highest BCUT2D eigenvalue weighted by molar-refractivity contribution is 7.12. The fourth-order valence-electron chi connectivity index (χ4n) is 4.46. The Morgan fingerprint density at radius 2 is 1.85 bits per heavy atom. The fraction of sp³-hybridized carbons (Fsp3) is 0.480. The summed E-state index contributed by atoms with van der Waals surface area (Å²) in [4.78, 5) is 43.8. The number of nitrogens with one attached hydrogen (secondary N) is 1. The summed E-state index contributed by atoms with van der Waals surface area (Å²) < 4.78 is 6.24. The Morgan fingerprint density at radius 1 is 1.15 bits per heavy atom. The molecule has 4 rings (SSSR count). The van der Waals surface area contributed by atoms with Crippen molar-refractivity contribution in [2.45, 2.75) is 57.8 Å². The third-order valence-electron chi connectivity index (χ3n) is 6.65. The Hall–Kier alpha value is -2.71. The summed E-state index contributed by atoms with van der Waals surface area (Å²) in [6.45, 7) is 7.01. The molecule has 3 amide bonds. The second-order valence-corrected chi connectivity index (χ2v) is 9.85. The van der Waals surface area contributed by atoms with Crippen LogP contribution in [0.5, 0.6) is 0 Å². The molecule has 7 nitrogen and oxygen atoms in total. The predicted molar refractivity (Wildman–Crippen MR) is 127 cm³/mol. The standard InChI is InChI=1S/C25H31N3O4S/c1-4-18(3)26-22(29)20-16-32-25(28(20)23(30)19-9-7-17(2)8-10-19)11-13-27(14-12-25)24(31)21-6-5-15-33-21/h5-10,15,18,20H,4,11-14,16H2,1-3H3,(H,26,29). The smallest absolute Gasteiger partial charge is 0.263 e. The predicted octanol–water partition coefficient (Wildman–Crippen LogP) is 3.44. The van der Waals surface area contributed by atoms with E-state index in [2.05, 4.69) is 5.32 Å². The Kier molecular flexibility index (Phi) is 6.86. The van der Waals surface area contributed by atoms with Gasteiger partial charge in [-0.2, -0.15) is 0 Å². The van der Waals surface area contributed by atoms with E-state index in [0.29, 0.717) is 36.4 Å². The third-order valence-corrected chi connectivity index (χ3v) is 7.50. The minimum Gasteiger partial charge on any atom is -0.353 e. The van der Waals surface area contributed by atoms with Crippen LogP contribution in [-0.4, -0.2) is 65.0 Å². The summed E-state index contributed by atoms with van der Waals surface area (Å²) in [5.41, 5.74) is 0.695. The van der Waals surface area contributed by atoms with Gasteiger partial charge in [-0.15, -0.1) is 11.3 Å². The number of hydrogen-bond donors (Lipinski definition) is 1. The second kappa shape index (κ2) is 9.65. The van der Waals surface area contributed by atoms with Crippen molar-refractivity contribution < 1.29 is 19.1 Å². The third kappa shape index (κ3) is 4.68. The number of carbonyl (C=O) groups excluding carboxylic acids is 3. The van der Waals surface area contributed by atoms with Crippen LogP contribution in [0.25, 0.3) is 0 Å². The number of carbonyl (C=O) groups is 3. The molecule has 1 N–H and O–H groups in total. The van der Waals surface area contributed by atoms with E-state index in [9.17, 15) is 14.4 Å². The first-order valence-corrected chi connectivity index (χ1v) is 12.4. The molecule has 0 aliphatic carbocycles. The molecular weight excluding hydrogens is 438 g/mol. The summed E-state index contributed by atoms with van der Waals surface area (Å²) >= 11 is 1.42. The van der Waals surface area contributed by atoms with E-state index in [1.165, 1.54) is 11.3 Å². The van der Waals surface area contributed by atoms with Crippen molar-refractivity contribution in [1.29, 1.82) is 0 Å². The molecule has 2 aliphatic rings. The molecule has 1 aromatic heterocycles. The minimum absolute atomic E-state index is 0.000298. The van der Waals surface area contributed by atoms with Gasteiger partial charge in [0, 0.05) is 37.5 Å². The van der Waals surface area contributed by atoms with Crippen molar-refractivity contribution in [1.82, 2.24) is 15.1 Å². The van der Waals surface area contributed by atoms with Crippen molar-refractivity contribution >= 4 is 29.1 Å². The fourth-order valence-corrected chi connectivity index (χ4v) is 5.15. The number of nitrogens with zero attached hydrogens (tertiary/aromatic N) is 2. The molecule has 2 unspecified atom stereocenters. The van der Waals surface area contributed by atoms with Crippen molar-refractivity contribution in [3.05, 3.63) is 57.8 Å². The highest BCUT2D eigenvalue weighted by atomic mass is 32.1. The summed E-state index contributed by atoms with van der Waals surface area (Å²) in [6.07, 6.45) is 1.74. The van der Waals surface area contributed by atoms with Gasteiger partial charge >= 0.3 is 0 Å². The first-order valence-electron chi connectivity index (χ1n) is 11.5. The molecule has 33 heavy (non-hydrogen) atoms. The van der Waals surface area contributed by atoms with Gasteiger partial charge in [0.25, 0.3) is 11.8 Å². The maximum Gasteiger partial charge on any atom is 0.263 e. The first-order chi connectivity index (χ1) is 15.8. The van der Waals surface area contributed by atoms with E-state index < -0.39 is 11.8 Å². The van der Waals surface area contributed by atoms with Gasteiger partial charge in [0.2, 0.25) is 5.91 Å². The van der Waals surface area contributed by atoms with Crippen molar-refractivity contribution in [3.8, 4) is 0 Å². The number of thiophene rings is 1. The van der Waals surface area contributed by atoms with E-state index in [4.69, 9.17) is 4.74 Å². The van der Waals surface area contributed by atoms with Gasteiger partial charge in [0.05, 0.1) is 11.5 Å². The lowest BCUT2D eigenvalue weighted by Gasteiger charge is -2.44. The van der Waals surface area contributed by atoms with Crippen molar-refractivity contribution in [2.24, 2.45) is 0 Å². The van der Waals surface area contributed by atoms with E-state index in [-0.39, 0.29) is 30.4 Å². The highest BCUT2D eigenvalue weighted by Gasteiger charge is 2.54. The van der Waals surface area contributed by atoms with Crippen LogP contribution in [0.15, 0.2) is 41.8 Å². The van der Waals surface area contributed by atoms with Crippen molar-refractivity contribution in [3.63, 3.8) is 0 Å². The van der Waals surface area contributed by atoms with Crippen LogP contribution in [-0.2, 0) is 9.53 Å². The topological polar surface area (TPSA) is 79.0 Å². The lowest BCUT2D eigenvalue weighted by atomic mass is 9.96. The molecule has 2 saturated heterocycles. The first kappa shape index (κ1) is 23.4. The molecule has 3 heterocycles. The van der Waals surface area contributed by atoms with Crippen LogP contribution in [0.2, 0.25) is 0 Å². The Bertz CT molecular complexity index is 997. The highest BCUT2D eigenvalue weighted by Crippen LogP contribution is 2.39. The van der Waals surface area contributed by atoms with Crippen molar-refractivity contribution in [2.75, 3.05) is 19.7 Å². The van der Waals surface area contributed by atoms with Crippen LogP contribution in [0.3, 0.4) is 0 Å². The summed E-state index contributed by atoms with van der Waals surface area (Å²) in [6, 6.07) is 10.4. The number of rotatable bonds is 5. The number of aryl methyl sites for hydroxylation is 1. The molecule has 176 valence electrons. The largest absolute Gasteiger partial charge is 0.353 e. The molecule has 0 saturated carbocycles. The van der Waals surface area contributed by atoms with E-state index in [0.717, 1.165) is 12.0 Å². The summed E-state index contributed by atoms with van der Waals surface area (Å²) in [7, 11) is 0. The van der Waals surface area contributed by atoms with Gasteiger partial charge in [-0.3, -0.25) is 19.3 Å². The molecular formula is C25H31N3O4S. The number of ether oxygens (including phenoxy) is 1. The number of hydrogen-bond acceptors (Lipinski definition) is 5.